The van der Waals surface area contributed by atoms with E-state index in [-0.39, 0.29) is 5.60 Å². The standard InChI is InChI=1S/C14H18ClNO3/c1-13(2,3)19-12(17)16-9-5-6-10(11(15)7-9)14(4)8-18-14/h5-7H,8H2,1-4H3,(H,16,17). The minimum atomic E-state index is -0.525. The highest BCUT2D eigenvalue weighted by Crippen LogP contribution is 2.42. The highest BCUT2D eigenvalue weighted by molar-refractivity contribution is 6.31. The summed E-state index contributed by atoms with van der Waals surface area (Å²) in [5.41, 5.74) is 0.737. The number of halogens is 1. The van der Waals surface area contributed by atoms with Gasteiger partial charge in [0.1, 0.15) is 11.2 Å². The van der Waals surface area contributed by atoms with Gasteiger partial charge in [-0.3, -0.25) is 5.32 Å². The van der Waals surface area contributed by atoms with Crippen LogP contribution in [-0.4, -0.2) is 18.3 Å². The Hall–Kier alpha value is -1.26. The van der Waals surface area contributed by atoms with Crippen LogP contribution >= 0.6 is 11.6 Å². The van der Waals surface area contributed by atoms with Gasteiger partial charge < -0.3 is 9.47 Å². The van der Waals surface area contributed by atoms with Crippen LogP contribution in [0.25, 0.3) is 0 Å². The van der Waals surface area contributed by atoms with Crippen molar-refractivity contribution >= 4 is 23.4 Å². The summed E-state index contributed by atoms with van der Waals surface area (Å²) in [6.07, 6.45) is -0.495. The molecule has 0 aliphatic carbocycles. The topological polar surface area (TPSA) is 50.9 Å². The van der Waals surface area contributed by atoms with E-state index in [0.717, 1.165) is 5.56 Å². The maximum absolute atomic E-state index is 11.6. The third-order valence-corrected chi connectivity index (χ3v) is 3.07. The average Bonchev–Trinajstić information content (AvgIpc) is 2.94. The van der Waals surface area contributed by atoms with Crippen LogP contribution in [0.15, 0.2) is 18.2 Å². The molecule has 0 spiro atoms. The number of epoxide rings is 1. The molecule has 19 heavy (non-hydrogen) atoms. The zero-order valence-electron chi connectivity index (χ0n) is 11.5. The van der Waals surface area contributed by atoms with E-state index in [2.05, 4.69) is 5.32 Å². The molecule has 5 heteroatoms. The first kappa shape index (κ1) is 14.2. The van der Waals surface area contributed by atoms with Crippen LogP contribution in [0.4, 0.5) is 10.5 Å². The second-order valence-corrected chi connectivity index (χ2v) is 6.25. The highest BCUT2D eigenvalue weighted by atomic mass is 35.5. The molecule has 1 saturated heterocycles. The SMILES string of the molecule is CC(C)(C)OC(=O)Nc1ccc(C2(C)CO2)c(Cl)c1. The van der Waals surface area contributed by atoms with E-state index in [0.29, 0.717) is 17.3 Å². The van der Waals surface area contributed by atoms with Gasteiger partial charge in [0.05, 0.1) is 6.61 Å². The Morgan fingerprint density at radius 1 is 1.47 bits per heavy atom. The van der Waals surface area contributed by atoms with Crippen molar-refractivity contribution in [2.75, 3.05) is 11.9 Å². The first-order valence-electron chi connectivity index (χ1n) is 6.14. The summed E-state index contributed by atoms with van der Waals surface area (Å²) in [7, 11) is 0. The summed E-state index contributed by atoms with van der Waals surface area (Å²) < 4.78 is 10.5. The first-order valence-corrected chi connectivity index (χ1v) is 6.51. The molecule has 1 atom stereocenters. The third-order valence-electron chi connectivity index (χ3n) is 2.76. The van der Waals surface area contributed by atoms with Gasteiger partial charge in [-0.1, -0.05) is 17.7 Å². The Kier molecular flexibility index (Phi) is 3.49. The average molecular weight is 284 g/mol. The second-order valence-electron chi connectivity index (χ2n) is 5.84. The molecule has 1 unspecified atom stereocenters. The van der Waals surface area contributed by atoms with E-state index < -0.39 is 11.7 Å². The summed E-state index contributed by atoms with van der Waals surface area (Å²) in [6, 6.07) is 5.35. The van der Waals surface area contributed by atoms with Crippen molar-refractivity contribution in [3.05, 3.63) is 28.8 Å². The Labute approximate surface area is 118 Å². The molecule has 1 heterocycles. The van der Waals surface area contributed by atoms with Crippen molar-refractivity contribution in [3.63, 3.8) is 0 Å². The summed E-state index contributed by atoms with van der Waals surface area (Å²) >= 11 is 6.20. The van der Waals surface area contributed by atoms with Gasteiger partial charge in [0, 0.05) is 16.3 Å². The molecule has 0 aromatic heterocycles. The van der Waals surface area contributed by atoms with Gasteiger partial charge in [0.2, 0.25) is 0 Å². The molecule has 1 N–H and O–H groups in total. The Morgan fingerprint density at radius 2 is 2.11 bits per heavy atom. The van der Waals surface area contributed by atoms with Gasteiger partial charge >= 0.3 is 6.09 Å². The van der Waals surface area contributed by atoms with E-state index in [1.165, 1.54) is 0 Å². The van der Waals surface area contributed by atoms with Crippen LogP contribution in [0.1, 0.15) is 33.3 Å². The molecule has 1 fully saturated rings. The fourth-order valence-corrected chi connectivity index (χ4v) is 2.09. The van der Waals surface area contributed by atoms with Gasteiger partial charge in [-0.15, -0.1) is 0 Å². The quantitative estimate of drug-likeness (QED) is 0.837. The number of amides is 1. The molecule has 1 aliphatic heterocycles. The van der Waals surface area contributed by atoms with E-state index in [4.69, 9.17) is 21.1 Å². The second kappa shape index (κ2) is 4.69. The number of hydrogen-bond donors (Lipinski definition) is 1. The predicted octanol–water partition coefficient (Wildman–Crippen LogP) is 3.93. The lowest BCUT2D eigenvalue weighted by Gasteiger charge is -2.20. The predicted molar refractivity (Wildman–Crippen MR) is 74.6 cm³/mol. The maximum atomic E-state index is 11.6. The fraction of sp³-hybridized carbons (Fsp3) is 0.500. The lowest BCUT2D eigenvalue weighted by atomic mass is 10.0. The normalized spacial score (nSPS) is 21.9. The third kappa shape index (κ3) is 3.61. The molecule has 0 saturated carbocycles. The number of benzene rings is 1. The molecular weight excluding hydrogens is 266 g/mol. The van der Waals surface area contributed by atoms with Crippen molar-refractivity contribution in [3.8, 4) is 0 Å². The van der Waals surface area contributed by atoms with Crippen LogP contribution in [0.2, 0.25) is 5.02 Å². The minimum Gasteiger partial charge on any atom is -0.444 e. The van der Waals surface area contributed by atoms with E-state index in [9.17, 15) is 4.79 Å². The molecule has 4 nitrogen and oxygen atoms in total. The van der Waals surface area contributed by atoms with Crippen molar-refractivity contribution in [2.45, 2.75) is 38.9 Å². The molecule has 1 aliphatic rings. The molecule has 1 amide bonds. The number of rotatable bonds is 2. The fourth-order valence-electron chi connectivity index (χ4n) is 1.71. The van der Waals surface area contributed by atoms with Crippen molar-refractivity contribution < 1.29 is 14.3 Å². The maximum Gasteiger partial charge on any atom is 0.412 e. The van der Waals surface area contributed by atoms with Gasteiger partial charge in [0.15, 0.2) is 0 Å². The summed E-state index contributed by atoms with van der Waals surface area (Å²) in [5.74, 6) is 0. The Balaban J connectivity index is 2.06. The summed E-state index contributed by atoms with van der Waals surface area (Å²) in [4.78, 5) is 11.6. The number of nitrogens with one attached hydrogen (secondary N) is 1. The largest absolute Gasteiger partial charge is 0.444 e. The molecular formula is C14H18ClNO3. The van der Waals surface area contributed by atoms with Crippen LogP contribution in [-0.2, 0) is 15.1 Å². The van der Waals surface area contributed by atoms with Crippen LogP contribution < -0.4 is 5.32 Å². The number of anilines is 1. The minimum absolute atomic E-state index is 0.276. The monoisotopic (exact) mass is 283 g/mol. The van der Waals surface area contributed by atoms with Gasteiger partial charge in [0.25, 0.3) is 0 Å². The Bertz CT molecular complexity index is 504. The van der Waals surface area contributed by atoms with Gasteiger partial charge in [-0.05, 0) is 39.8 Å². The van der Waals surface area contributed by atoms with Crippen LogP contribution in [0, 0.1) is 0 Å². The molecule has 0 bridgehead atoms. The van der Waals surface area contributed by atoms with E-state index in [1.807, 2.05) is 33.8 Å². The first-order chi connectivity index (χ1) is 8.70. The van der Waals surface area contributed by atoms with Gasteiger partial charge in [-0.25, -0.2) is 4.79 Å². The number of carbonyl (C=O) groups excluding carboxylic acids is 1. The number of carbonyl (C=O) groups is 1. The zero-order valence-corrected chi connectivity index (χ0v) is 12.3. The van der Waals surface area contributed by atoms with Crippen molar-refractivity contribution in [1.82, 2.24) is 0 Å². The van der Waals surface area contributed by atoms with Crippen molar-refractivity contribution in [1.29, 1.82) is 0 Å². The lowest BCUT2D eigenvalue weighted by molar-refractivity contribution is 0.0636. The molecule has 2 rings (SSSR count). The highest BCUT2D eigenvalue weighted by Gasteiger charge is 2.42. The lowest BCUT2D eigenvalue weighted by Crippen LogP contribution is -2.27. The Morgan fingerprint density at radius 3 is 2.58 bits per heavy atom. The summed E-state index contributed by atoms with van der Waals surface area (Å²) in [6.45, 7) is 8.09. The van der Waals surface area contributed by atoms with E-state index in [1.54, 1.807) is 12.1 Å². The van der Waals surface area contributed by atoms with Crippen LogP contribution in [0.5, 0.6) is 0 Å². The van der Waals surface area contributed by atoms with Crippen LogP contribution in [0.3, 0.4) is 0 Å². The molecule has 0 radical (unpaired) electrons. The number of hydrogen-bond acceptors (Lipinski definition) is 3. The van der Waals surface area contributed by atoms with Crippen molar-refractivity contribution in [2.24, 2.45) is 0 Å². The number of ether oxygens (including phenoxy) is 2. The summed E-state index contributed by atoms with van der Waals surface area (Å²) in [5, 5.41) is 3.23. The van der Waals surface area contributed by atoms with Gasteiger partial charge in [-0.2, -0.15) is 0 Å². The molecule has 1 aromatic carbocycles. The van der Waals surface area contributed by atoms with E-state index >= 15 is 0 Å². The zero-order chi connectivity index (χ0) is 14.3. The smallest absolute Gasteiger partial charge is 0.412 e. The molecule has 1 aromatic rings. The molecule has 104 valence electrons.